The Hall–Kier alpha value is -1.56. The van der Waals surface area contributed by atoms with Gasteiger partial charge >= 0.3 is 0 Å². The number of hydrogen-bond donors (Lipinski definition) is 0. The Morgan fingerprint density at radius 3 is 2.91 bits per heavy atom. The molecule has 3 heteroatoms. The molecule has 1 aromatic rings. The van der Waals surface area contributed by atoms with Crippen LogP contribution in [0.2, 0.25) is 0 Å². The van der Waals surface area contributed by atoms with Crippen LogP contribution in [0.25, 0.3) is 0 Å². The van der Waals surface area contributed by atoms with Crippen LogP contribution in [0, 0.1) is 18.2 Å². The van der Waals surface area contributed by atoms with Crippen molar-refractivity contribution in [1.82, 2.24) is 4.98 Å². The van der Waals surface area contributed by atoms with Gasteiger partial charge in [-0.2, -0.15) is 0 Å². The Bertz CT molecular complexity index is 303. The normalized spacial score (nSPS) is 8.82. The van der Waals surface area contributed by atoms with E-state index in [4.69, 9.17) is 6.42 Å². The second-order valence-electron chi connectivity index (χ2n) is 1.85. The summed E-state index contributed by atoms with van der Waals surface area (Å²) in [5, 5.41) is 0. The minimum atomic E-state index is -0.490. The Morgan fingerprint density at radius 1 is 1.73 bits per heavy atom. The Labute approximate surface area is 64.0 Å². The fourth-order valence-corrected chi connectivity index (χ4v) is 0.647. The van der Waals surface area contributed by atoms with E-state index in [1.54, 1.807) is 0 Å². The van der Waals surface area contributed by atoms with Gasteiger partial charge in [0.05, 0.1) is 13.3 Å². The van der Waals surface area contributed by atoms with E-state index in [1.165, 1.54) is 13.3 Å². The average Bonchev–Trinajstić information content (AvgIpc) is 2.04. The van der Waals surface area contributed by atoms with Crippen molar-refractivity contribution < 1.29 is 9.13 Å². The molecule has 0 saturated heterocycles. The molecular formula is C8H6FNO. The first-order chi connectivity index (χ1) is 5.27. The third kappa shape index (κ3) is 1.47. The van der Waals surface area contributed by atoms with Crippen molar-refractivity contribution in [2.75, 3.05) is 7.11 Å². The van der Waals surface area contributed by atoms with Crippen LogP contribution in [0.15, 0.2) is 12.3 Å². The van der Waals surface area contributed by atoms with E-state index in [0.717, 1.165) is 6.07 Å². The molecule has 0 N–H and O–H groups in total. The molecule has 0 atom stereocenters. The van der Waals surface area contributed by atoms with E-state index in [-0.39, 0.29) is 11.4 Å². The van der Waals surface area contributed by atoms with Crippen LogP contribution in [-0.2, 0) is 0 Å². The Balaban J connectivity index is 3.12. The molecule has 11 heavy (non-hydrogen) atoms. The van der Waals surface area contributed by atoms with Crippen LogP contribution in [-0.4, -0.2) is 12.1 Å². The molecular weight excluding hydrogens is 145 g/mol. The van der Waals surface area contributed by atoms with Crippen molar-refractivity contribution in [3.05, 3.63) is 23.8 Å². The van der Waals surface area contributed by atoms with Gasteiger partial charge in [0, 0.05) is 6.07 Å². The van der Waals surface area contributed by atoms with Crippen LogP contribution in [0.3, 0.4) is 0 Å². The van der Waals surface area contributed by atoms with Crippen molar-refractivity contribution in [2.24, 2.45) is 0 Å². The maximum atomic E-state index is 12.8. The minimum absolute atomic E-state index is 0.101. The number of halogens is 1. The van der Waals surface area contributed by atoms with Crippen LogP contribution >= 0.6 is 0 Å². The summed E-state index contributed by atoms with van der Waals surface area (Å²) in [6, 6.07) is 1.15. The third-order valence-corrected chi connectivity index (χ3v) is 1.19. The van der Waals surface area contributed by atoms with E-state index in [2.05, 4.69) is 15.6 Å². The topological polar surface area (TPSA) is 22.1 Å². The van der Waals surface area contributed by atoms with Gasteiger partial charge in [0.2, 0.25) is 0 Å². The zero-order chi connectivity index (χ0) is 8.27. The van der Waals surface area contributed by atoms with E-state index >= 15 is 0 Å². The predicted molar refractivity (Wildman–Crippen MR) is 38.7 cm³/mol. The summed E-state index contributed by atoms with van der Waals surface area (Å²) in [5.41, 5.74) is 0.267. The van der Waals surface area contributed by atoms with Crippen LogP contribution in [0.5, 0.6) is 5.75 Å². The van der Waals surface area contributed by atoms with Gasteiger partial charge in [-0.15, -0.1) is 6.42 Å². The summed E-state index contributed by atoms with van der Waals surface area (Å²) >= 11 is 0. The van der Waals surface area contributed by atoms with Gasteiger partial charge in [0.25, 0.3) is 0 Å². The number of aromatic nitrogens is 1. The standard InChI is InChI=1S/C8H6FNO/c1-3-6-4-7(9)8(11-2)5-10-6/h1,4-5H,2H3. The molecule has 0 spiro atoms. The second-order valence-corrected chi connectivity index (χ2v) is 1.85. The molecule has 1 aromatic heterocycles. The van der Waals surface area contributed by atoms with E-state index in [9.17, 15) is 4.39 Å². The number of hydrogen-bond acceptors (Lipinski definition) is 2. The third-order valence-electron chi connectivity index (χ3n) is 1.19. The molecule has 0 fully saturated rings. The van der Waals surface area contributed by atoms with Crippen molar-refractivity contribution in [3.63, 3.8) is 0 Å². The first-order valence-electron chi connectivity index (χ1n) is 2.94. The lowest BCUT2D eigenvalue weighted by atomic mass is 10.3. The zero-order valence-electron chi connectivity index (χ0n) is 5.97. The molecule has 2 nitrogen and oxygen atoms in total. The molecule has 1 rings (SSSR count). The van der Waals surface area contributed by atoms with E-state index in [0.29, 0.717) is 0 Å². The largest absolute Gasteiger partial charge is 0.492 e. The van der Waals surface area contributed by atoms with Gasteiger partial charge < -0.3 is 4.74 Å². The average molecular weight is 151 g/mol. The number of pyridine rings is 1. The lowest BCUT2D eigenvalue weighted by Crippen LogP contribution is -1.91. The Kier molecular flexibility index (Phi) is 2.07. The molecule has 0 amide bonds. The first-order valence-corrected chi connectivity index (χ1v) is 2.94. The number of rotatable bonds is 1. The van der Waals surface area contributed by atoms with E-state index in [1.807, 2.05) is 0 Å². The SMILES string of the molecule is C#Cc1cc(F)c(OC)cn1. The van der Waals surface area contributed by atoms with Gasteiger partial charge in [0.15, 0.2) is 11.6 Å². The molecule has 0 unspecified atom stereocenters. The summed E-state index contributed by atoms with van der Waals surface area (Å²) in [4.78, 5) is 3.73. The minimum Gasteiger partial charge on any atom is -0.492 e. The molecule has 0 aliphatic carbocycles. The number of nitrogens with zero attached hydrogens (tertiary/aromatic N) is 1. The number of methoxy groups -OCH3 is 1. The van der Waals surface area contributed by atoms with Gasteiger partial charge in [-0.05, 0) is 0 Å². The molecule has 0 bridgehead atoms. The molecule has 1 heterocycles. The molecule has 0 aliphatic heterocycles. The monoisotopic (exact) mass is 151 g/mol. The first kappa shape index (κ1) is 7.55. The van der Waals surface area contributed by atoms with Crippen LogP contribution in [0.1, 0.15) is 5.69 Å². The zero-order valence-corrected chi connectivity index (χ0v) is 5.97. The predicted octanol–water partition coefficient (Wildman–Crippen LogP) is 1.21. The highest BCUT2D eigenvalue weighted by Crippen LogP contribution is 2.14. The summed E-state index contributed by atoms with van der Waals surface area (Å²) in [7, 11) is 1.37. The highest BCUT2D eigenvalue weighted by Gasteiger charge is 2.01. The smallest absolute Gasteiger partial charge is 0.172 e. The Morgan fingerprint density at radius 2 is 2.45 bits per heavy atom. The van der Waals surface area contributed by atoms with Crippen molar-refractivity contribution in [3.8, 4) is 18.1 Å². The fraction of sp³-hybridized carbons (Fsp3) is 0.125. The molecule has 0 saturated carbocycles. The number of terminal acetylenes is 1. The van der Waals surface area contributed by atoms with Crippen LogP contribution in [0.4, 0.5) is 4.39 Å². The summed E-state index contributed by atoms with van der Waals surface area (Å²) < 4.78 is 17.4. The maximum Gasteiger partial charge on any atom is 0.172 e. The van der Waals surface area contributed by atoms with Gasteiger partial charge in [-0.3, -0.25) is 0 Å². The molecule has 0 aromatic carbocycles. The van der Waals surface area contributed by atoms with E-state index < -0.39 is 5.82 Å². The van der Waals surface area contributed by atoms with Crippen molar-refractivity contribution >= 4 is 0 Å². The lowest BCUT2D eigenvalue weighted by molar-refractivity contribution is 0.384. The van der Waals surface area contributed by atoms with Crippen LogP contribution < -0.4 is 4.74 Å². The second kappa shape index (κ2) is 3.02. The fourth-order valence-electron chi connectivity index (χ4n) is 0.647. The maximum absolute atomic E-state index is 12.8. The quantitative estimate of drug-likeness (QED) is 0.563. The van der Waals surface area contributed by atoms with Gasteiger partial charge in [0.1, 0.15) is 5.69 Å². The summed E-state index contributed by atoms with van der Waals surface area (Å²) in [5.74, 6) is 1.82. The van der Waals surface area contributed by atoms with Crippen molar-refractivity contribution in [1.29, 1.82) is 0 Å². The number of ether oxygens (including phenoxy) is 1. The van der Waals surface area contributed by atoms with Crippen molar-refractivity contribution in [2.45, 2.75) is 0 Å². The lowest BCUT2D eigenvalue weighted by Gasteiger charge is -1.99. The highest BCUT2D eigenvalue weighted by atomic mass is 19.1. The highest BCUT2D eigenvalue weighted by molar-refractivity contribution is 5.30. The molecule has 0 aliphatic rings. The molecule has 56 valence electrons. The van der Waals surface area contributed by atoms with Gasteiger partial charge in [-0.25, -0.2) is 9.37 Å². The molecule has 0 radical (unpaired) electrons. The summed E-state index contributed by atoms with van der Waals surface area (Å²) in [6.07, 6.45) is 6.24. The summed E-state index contributed by atoms with van der Waals surface area (Å²) in [6.45, 7) is 0. The van der Waals surface area contributed by atoms with Gasteiger partial charge in [-0.1, -0.05) is 5.92 Å².